The van der Waals surface area contributed by atoms with Crippen molar-refractivity contribution in [2.45, 2.75) is 19.0 Å². The van der Waals surface area contributed by atoms with Crippen molar-refractivity contribution >= 4 is 33.0 Å². The molecule has 17 heavy (non-hydrogen) atoms. The minimum atomic E-state index is -2.83. The molecule has 1 unspecified atom stereocenters. The van der Waals surface area contributed by atoms with Crippen molar-refractivity contribution in [1.82, 2.24) is 5.32 Å². The quantitative estimate of drug-likeness (QED) is 0.930. The first-order valence-corrected chi connectivity index (χ1v) is 7.92. The number of sulfone groups is 1. The van der Waals surface area contributed by atoms with Crippen LogP contribution in [0.4, 0.5) is 0 Å². The first-order chi connectivity index (χ1) is 7.96. The zero-order valence-electron chi connectivity index (χ0n) is 9.12. The van der Waals surface area contributed by atoms with Crippen LogP contribution >= 0.6 is 23.2 Å². The van der Waals surface area contributed by atoms with Gasteiger partial charge in [-0.25, -0.2) is 8.42 Å². The van der Waals surface area contributed by atoms with Crippen molar-refractivity contribution in [2.24, 2.45) is 0 Å². The van der Waals surface area contributed by atoms with Crippen LogP contribution in [-0.4, -0.2) is 26.0 Å². The van der Waals surface area contributed by atoms with Gasteiger partial charge in [0.2, 0.25) is 0 Å². The largest absolute Gasteiger partial charge is 0.309 e. The van der Waals surface area contributed by atoms with Crippen molar-refractivity contribution in [1.29, 1.82) is 0 Å². The van der Waals surface area contributed by atoms with E-state index in [0.717, 1.165) is 5.56 Å². The minimum absolute atomic E-state index is 0.0340. The maximum Gasteiger partial charge on any atom is 0.151 e. The standard InChI is InChI=1S/C11H13Cl2NO2S/c12-9-2-1-8(11(13)5-9)6-14-10-3-4-17(15,16)7-10/h1-2,5,10,14H,3-4,6-7H2. The predicted molar refractivity (Wildman–Crippen MR) is 70.4 cm³/mol. The molecule has 0 bridgehead atoms. The summed E-state index contributed by atoms with van der Waals surface area (Å²) in [5.41, 5.74) is 0.931. The summed E-state index contributed by atoms with van der Waals surface area (Å²) >= 11 is 11.8. The molecule has 0 amide bonds. The zero-order valence-corrected chi connectivity index (χ0v) is 11.4. The molecule has 1 aliphatic rings. The number of nitrogens with one attached hydrogen (secondary N) is 1. The van der Waals surface area contributed by atoms with Crippen LogP contribution in [0.2, 0.25) is 10.0 Å². The Balaban J connectivity index is 1.95. The van der Waals surface area contributed by atoms with Gasteiger partial charge >= 0.3 is 0 Å². The van der Waals surface area contributed by atoms with Gasteiger partial charge in [0, 0.05) is 22.6 Å². The van der Waals surface area contributed by atoms with Gasteiger partial charge in [-0.3, -0.25) is 0 Å². The van der Waals surface area contributed by atoms with E-state index in [4.69, 9.17) is 23.2 Å². The van der Waals surface area contributed by atoms with Gasteiger partial charge in [-0.2, -0.15) is 0 Å². The topological polar surface area (TPSA) is 46.2 Å². The SMILES string of the molecule is O=S1(=O)CCC(NCc2ccc(Cl)cc2Cl)C1. The van der Waals surface area contributed by atoms with Gasteiger partial charge in [-0.15, -0.1) is 0 Å². The fourth-order valence-electron chi connectivity index (χ4n) is 1.88. The van der Waals surface area contributed by atoms with Gasteiger partial charge in [0.25, 0.3) is 0 Å². The molecular formula is C11H13Cl2NO2S. The van der Waals surface area contributed by atoms with Crippen molar-refractivity contribution in [3.63, 3.8) is 0 Å². The number of rotatable bonds is 3. The van der Waals surface area contributed by atoms with E-state index in [9.17, 15) is 8.42 Å². The molecule has 1 aromatic carbocycles. The van der Waals surface area contributed by atoms with Gasteiger partial charge in [-0.1, -0.05) is 29.3 Å². The number of hydrogen-bond donors (Lipinski definition) is 1. The zero-order chi connectivity index (χ0) is 12.5. The minimum Gasteiger partial charge on any atom is -0.309 e. The Labute approximate surface area is 111 Å². The van der Waals surface area contributed by atoms with E-state index in [1.807, 2.05) is 6.07 Å². The molecule has 1 saturated heterocycles. The molecular weight excluding hydrogens is 281 g/mol. The first kappa shape index (κ1) is 13.1. The molecule has 0 aromatic heterocycles. The summed E-state index contributed by atoms with van der Waals surface area (Å²) < 4.78 is 22.6. The number of hydrogen-bond acceptors (Lipinski definition) is 3. The Bertz CT molecular complexity index is 516. The van der Waals surface area contributed by atoms with E-state index in [1.54, 1.807) is 12.1 Å². The van der Waals surface area contributed by atoms with E-state index >= 15 is 0 Å². The highest BCUT2D eigenvalue weighted by atomic mass is 35.5. The van der Waals surface area contributed by atoms with Crippen molar-refractivity contribution < 1.29 is 8.42 Å². The number of halogens is 2. The molecule has 1 heterocycles. The highest BCUT2D eigenvalue weighted by molar-refractivity contribution is 7.91. The summed E-state index contributed by atoms with van der Waals surface area (Å²) in [6.45, 7) is 0.566. The summed E-state index contributed by atoms with van der Waals surface area (Å²) in [6, 6.07) is 5.34. The fourth-order valence-corrected chi connectivity index (χ4v) is 4.06. The summed E-state index contributed by atoms with van der Waals surface area (Å²) in [6.07, 6.45) is 0.674. The Hall–Kier alpha value is -0.290. The molecule has 3 nitrogen and oxygen atoms in total. The van der Waals surface area contributed by atoms with Crippen LogP contribution in [-0.2, 0) is 16.4 Å². The summed E-state index contributed by atoms with van der Waals surface area (Å²) in [4.78, 5) is 0. The Morgan fingerprint density at radius 3 is 2.71 bits per heavy atom. The molecule has 1 aromatic rings. The molecule has 0 saturated carbocycles. The van der Waals surface area contributed by atoms with Crippen LogP contribution in [0.25, 0.3) is 0 Å². The Morgan fingerprint density at radius 2 is 2.12 bits per heavy atom. The van der Waals surface area contributed by atoms with Crippen LogP contribution in [0.1, 0.15) is 12.0 Å². The first-order valence-electron chi connectivity index (χ1n) is 5.34. The van der Waals surface area contributed by atoms with E-state index in [1.165, 1.54) is 0 Å². The van der Waals surface area contributed by atoms with Crippen LogP contribution in [0.15, 0.2) is 18.2 Å². The predicted octanol–water partition coefficient (Wildman–Crippen LogP) is 2.27. The maximum atomic E-state index is 11.3. The molecule has 6 heteroatoms. The highest BCUT2D eigenvalue weighted by Crippen LogP contribution is 2.21. The fraction of sp³-hybridized carbons (Fsp3) is 0.455. The summed E-state index contributed by atoms with van der Waals surface area (Å²) in [5, 5.41) is 4.41. The molecule has 1 aliphatic heterocycles. The lowest BCUT2D eigenvalue weighted by Crippen LogP contribution is -2.29. The third kappa shape index (κ3) is 3.58. The van der Waals surface area contributed by atoms with Gasteiger partial charge in [-0.05, 0) is 24.1 Å². The lowest BCUT2D eigenvalue weighted by Gasteiger charge is -2.11. The average molecular weight is 294 g/mol. The van der Waals surface area contributed by atoms with Crippen LogP contribution < -0.4 is 5.32 Å². The average Bonchev–Trinajstić information content (AvgIpc) is 2.57. The molecule has 94 valence electrons. The molecule has 0 spiro atoms. The van der Waals surface area contributed by atoms with Gasteiger partial charge in [0.15, 0.2) is 9.84 Å². The molecule has 0 aliphatic carbocycles. The monoisotopic (exact) mass is 293 g/mol. The number of benzene rings is 1. The smallest absolute Gasteiger partial charge is 0.151 e. The summed E-state index contributed by atoms with van der Waals surface area (Å²) in [7, 11) is -2.83. The third-order valence-corrected chi connectivity index (χ3v) is 5.18. The van der Waals surface area contributed by atoms with Crippen molar-refractivity contribution in [3.8, 4) is 0 Å². The summed E-state index contributed by atoms with van der Waals surface area (Å²) in [5.74, 6) is 0.497. The second-order valence-electron chi connectivity index (χ2n) is 4.22. The van der Waals surface area contributed by atoms with Gasteiger partial charge < -0.3 is 5.32 Å². The van der Waals surface area contributed by atoms with E-state index in [2.05, 4.69) is 5.32 Å². The maximum absolute atomic E-state index is 11.3. The lowest BCUT2D eigenvalue weighted by atomic mass is 10.2. The normalized spacial score (nSPS) is 22.8. The second kappa shape index (κ2) is 5.14. The van der Waals surface area contributed by atoms with Crippen LogP contribution in [0.5, 0.6) is 0 Å². The highest BCUT2D eigenvalue weighted by Gasteiger charge is 2.27. The van der Waals surface area contributed by atoms with Crippen molar-refractivity contribution in [3.05, 3.63) is 33.8 Å². The van der Waals surface area contributed by atoms with E-state index in [0.29, 0.717) is 23.0 Å². The van der Waals surface area contributed by atoms with E-state index < -0.39 is 9.84 Å². The molecule has 1 N–H and O–H groups in total. The lowest BCUT2D eigenvalue weighted by molar-refractivity contribution is 0.554. The Morgan fingerprint density at radius 1 is 1.35 bits per heavy atom. The molecule has 0 radical (unpaired) electrons. The Kier molecular flexibility index (Phi) is 3.98. The van der Waals surface area contributed by atoms with E-state index in [-0.39, 0.29) is 17.5 Å². The molecule has 2 rings (SSSR count). The van der Waals surface area contributed by atoms with Crippen LogP contribution in [0, 0.1) is 0 Å². The van der Waals surface area contributed by atoms with Crippen molar-refractivity contribution in [2.75, 3.05) is 11.5 Å². The van der Waals surface area contributed by atoms with Crippen LogP contribution in [0.3, 0.4) is 0 Å². The van der Waals surface area contributed by atoms with Gasteiger partial charge in [0.1, 0.15) is 0 Å². The molecule has 1 atom stereocenters. The third-order valence-electron chi connectivity index (χ3n) is 2.83. The van der Waals surface area contributed by atoms with Gasteiger partial charge in [0.05, 0.1) is 11.5 Å². The second-order valence-corrected chi connectivity index (χ2v) is 7.29. The molecule has 1 fully saturated rings.